The number of nitrogens with one attached hydrogen (secondary N) is 1. The molecule has 212 valence electrons. The minimum Gasteiger partial charge on any atom is -0.289 e. The lowest BCUT2D eigenvalue weighted by atomic mass is 10.0. The number of fused-ring (bicyclic) bond motifs is 1. The Hall–Kier alpha value is -3.30. The first-order valence-electron chi connectivity index (χ1n) is 11.6. The van der Waals surface area contributed by atoms with E-state index in [1.165, 1.54) is 6.07 Å². The highest BCUT2D eigenvalue weighted by molar-refractivity contribution is 9.10. The van der Waals surface area contributed by atoms with Crippen LogP contribution in [0.1, 0.15) is 31.0 Å². The van der Waals surface area contributed by atoms with E-state index in [9.17, 15) is 21.6 Å². The molecule has 1 N–H and O–H groups in total. The zero-order valence-electron chi connectivity index (χ0n) is 21.5. The van der Waals surface area contributed by atoms with Crippen molar-refractivity contribution < 1.29 is 30.0 Å². The topological polar surface area (TPSA) is 128 Å². The molecule has 9 nitrogen and oxygen atoms in total. The molecule has 0 bridgehead atoms. The molecule has 0 saturated heterocycles. The number of aromatic nitrogens is 3. The van der Waals surface area contributed by atoms with Crippen LogP contribution in [0.5, 0.6) is 0 Å². The summed E-state index contributed by atoms with van der Waals surface area (Å²) >= 11 is 3.24. The summed E-state index contributed by atoms with van der Waals surface area (Å²) < 4.78 is 98.1. The maximum Gasteiger partial charge on any atom is 0.260 e. The van der Waals surface area contributed by atoms with E-state index in [2.05, 4.69) is 25.9 Å². The van der Waals surface area contributed by atoms with E-state index in [1.54, 1.807) is 37.6 Å². The molecule has 0 amide bonds. The largest absolute Gasteiger partial charge is 0.289 e. The van der Waals surface area contributed by atoms with Crippen LogP contribution < -0.4 is 10.3 Å². The van der Waals surface area contributed by atoms with E-state index in [1.807, 2.05) is 0 Å². The van der Waals surface area contributed by atoms with Crippen LogP contribution in [0.2, 0.25) is 0 Å². The van der Waals surface area contributed by atoms with E-state index in [0.717, 1.165) is 28.6 Å². The van der Waals surface area contributed by atoms with Gasteiger partial charge < -0.3 is 0 Å². The Morgan fingerprint density at radius 3 is 2.30 bits per heavy atom. The molecule has 0 aliphatic carbocycles. The second-order valence-corrected chi connectivity index (χ2v) is 13.9. The van der Waals surface area contributed by atoms with Crippen molar-refractivity contribution in [1.29, 1.82) is 0 Å². The summed E-state index contributed by atoms with van der Waals surface area (Å²) in [6.45, 7) is 4.95. The maximum atomic E-state index is 15.3. The van der Waals surface area contributed by atoms with Crippen molar-refractivity contribution in [3.63, 3.8) is 0 Å². The minimum absolute atomic E-state index is 0.0767. The summed E-state index contributed by atoms with van der Waals surface area (Å²) in [7, 11) is -8.22. The number of anilines is 1. The third-order valence-electron chi connectivity index (χ3n) is 5.86. The predicted octanol–water partition coefficient (Wildman–Crippen LogP) is 4.87. The number of halogens is 4. The maximum absolute atomic E-state index is 15.3. The summed E-state index contributed by atoms with van der Waals surface area (Å²) in [4.78, 5) is 21.1. The highest BCUT2D eigenvalue weighted by Gasteiger charge is 2.27. The zero-order valence-corrected chi connectivity index (χ0v) is 24.7. The van der Waals surface area contributed by atoms with Crippen molar-refractivity contribution in [3.8, 4) is 11.1 Å². The van der Waals surface area contributed by atoms with Crippen molar-refractivity contribution in [3.05, 3.63) is 79.9 Å². The van der Waals surface area contributed by atoms with E-state index >= 15 is 13.2 Å². The molecule has 0 radical (unpaired) electrons. The quantitative estimate of drug-likeness (QED) is 0.222. The Kier molecular flexibility index (Phi) is 7.86. The average Bonchev–Trinajstić information content (AvgIpc) is 2.84. The number of pyridine rings is 1. The summed E-state index contributed by atoms with van der Waals surface area (Å²) in [6, 6.07) is 5.82. The third-order valence-corrected chi connectivity index (χ3v) is 8.66. The van der Waals surface area contributed by atoms with Crippen molar-refractivity contribution in [2.45, 2.75) is 37.7 Å². The van der Waals surface area contributed by atoms with Gasteiger partial charge in [0.05, 0.1) is 11.3 Å². The van der Waals surface area contributed by atoms with Crippen LogP contribution in [0, 0.1) is 24.4 Å². The van der Waals surface area contributed by atoms with Crippen molar-refractivity contribution in [2.24, 2.45) is 0 Å². The van der Waals surface area contributed by atoms with Gasteiger partial charge in [0.25, 0.3) is 5.56 Å². The minimum atomic E-state index is -4.39. The van der Waals surface area contributed by atoms with Crippen LogP contribution >= 0.6 is 15.9 Å². The lowest BCUT2D eigenvalue weighted by Crippen LogP contribution is -2.26. The molecule has 0 saturated carbocycles. The van der Waals surface area contributed by atoms with Gasteiger partial charge in [0.2, 0.25) is 25.0 Å². The van der Waals surface area contributed by atoms with Gasteiger partial charge in [-0.1, -0.05) is 28.1 Å². The first-order chi connectivity index (χ1) is 18.5. The Morgan fingerprint density at radius 1 is 1.02 bits per heavy atom. The summed E-state index contributed by atoms with van der Waals surface area (Å²) in [6.07, 6.45) is 1.98. The van der Waals surface area contributed by atoms with E-state index in [0.29, 0.717) is 16.1 Å². The first kappa shape index (κ1) is 29.7. The molecule has 15 heteroatoms. The number of benzene rings is 2. The van der Waals surface area contributed by atoms with Gasteiger partial charge in [-0.05, 0) is 50.1 Å². The molecule has 0 aliphatic rings. The monoisotopic (exact) mass is 658 g/mol. The molecular formula is C25H22BrF3N4O5S2. The Labute approximate surface area is 236 Å². The van der Waals surface area contributed by atoms with Crippen molar-refractivity contribution in [1.82, 2.24) is 14.5 Å². The molecule has 0 fully saturated rings. The van der Waals surface area contributed by atoms with Gasteiger partial charge in [-0.15, -0.1) is 0 Å². The first-order valence-corrected chi connectivity index (χ1v) is 15.9. The predicted molar refractivity (Wildman–Crippen MR) is 148 cm³/mol. The lowest BCUT2D eigenvalue weighted by molar-refractivity contribution is 0.502. The van der Waals surface area contributed by atoms with Crippen LogP contribution in [0.4, 0.5) is 18.9 Å². The highest BCUT2D eigenvalue weighted by Crippen LogP contribution is 2.32. The Bertz CT molecular complexity index is 1960. The van der Waals surface area contributed by atoms with Crippen LogP contribution in [0.15, 0.2) is 51.0 Å². The van der Waals surface area contributed by atoms with Gasteiger partial charge in [0, 0.05) is 33.9 Å². The molecule has 2 aromatic heterocycles. The number of sulfone groups is 1. The Morgan fingerprint density at radius 2 is 1.70 bits per heavy atom. The molecule has 0 unspecified atom stereocenters. The number of sulfonamides is 1. The van der Waals surface area contributed by atoms with E-state index < -0.39 is 76.6 Å². The fraction of sp³-hybridized carbons (Fsp3) is 0.240. The third kappa shape index (κ3) is 5.76. The van der Waals surface area contributed by atoms with Gasteiger partial charge in [0.1, 0.15) is 11.3 Å². The number of hydrogen-bond acceptors (Lipinski definition) is 7. The van der Waals surface area contributed by atoms with Crippen molar-refractivity contribution in [2.75, 3.05) is 11.0 Å². The number of rotatable bonds is 7. The molecule has 2 heterocycles. The van der Waals surface area contributed by atoms with E-state index in [4.69, 9.17) is 0 Å². The summed E-state index contributed by atoms with van der Waals surface area (Å²) in [5, 5.41) is -0.441. The van der Waals surface area contributed by atoms with Gasteiger partial charge >= 0.3 is 0 Å². The smallest absolute Gasteiger partial charge is 0.260 e. The average molecular weight is 660 g/mol. The van der Waals surface area contributed by atoms with Gasteiger partial charge in [-0.25, -0.2) is 35.0 Å². The Balaban J connectivity index is 1.83. The van der Waals surface area contributed by atoms with Crippen molar-refractivity contribution >= 4 is 52.5 Å². The molecule has 4 aromatic rings. The van der Waals surface area contributed by atoms with Gasteiger partial charge in [-0.3, -0.25) is 14.1 Å². The van der Waals surface area contributed by atoms with E-state index in [-0.39, 0.29) is 11.0 Å². The number of aryl methyl sites for hydroxylation is 1. The standard InChI is InChI=1S/C25H22BrF3N4O5S2/c1-12(2)33-23-15(10-30-25(31-23)39(4,35)36)8-17(24(33)34)16-9-19(27)22(21(29)20(16)28)32-40(37,38)11-14-6-5-13(3)7-18(14)26/h5-10,12,32H,11H2,1-4H3. The second kappa shape index (κ2) is 10.6. The number of nitrogens with zero attached hydrogens (tertiary/aromatic N) is 3. The SMILES string of the molecule is Cc1ccc(CS(=O)(=O)Nc2c(F)cc(-c3cc4cnc(S(C)(=O)=O)nc4n(C(C)C)c3=O)c(F)c2F)c(Br)c1. The normalized spacial score (nSPS) is 12.3. The highest BCUT2D eigenvalue weighted by atomic mass is 79.9. The molecular weight excluding hydrogens is 637 g/mol. The molecule has 0 aliphatic heterocycles. The van der Waals surface area contributed by atoms with Gasteiger partial charge in [-0.2, -0.15) is 4.98 Å². The van der Waals surface area contributed by atoms with Gasteiger partial charge in [0.15, 0.2) is 17.5 Å². The summed E-state index contributed by atoms with van der Waals surface area (Å²) in [5.41, 5.74) is -2.30. The molecule has 4 rings (SSSR count). The summed E-state index contributed by atoms with van der Waals surface area (Å²) in [5.74, 6) is -5.63. The van der Waals surface area contributed by atoms with Crippen LogP contribution in [-0.4, -0.2) is 37.6 Å². The van der Waals surface area contributed by atoms with Crippen LogP contribution in [-0.2, 0) is 25.6 Å². The second-order valence-electron chi connectivity index (χ2n) is 9.40. The molecule has 0 spiro atoms. The number of hydrogen-bond donors (Lipinski definition) is 1. The molecule has 0 atom stereocenters. The zero-order chi connectivity index (χ0) is 29.7. The van der Waals surface area contributed by atoms with Crippen LogP contribution in [0.25, 0.3) is 22.2 Å². The lowest BCUT2D eigenvalue weighted by Gasteiger charge is -2.17. The molecule has 40 heavy (non-hydrogen) atoms. The fourth-order valence-electron chi connectivity index (χ4n) is 4.01. The fourth-order valence-corrected chi connectivity index (χ4v) is 6.55. The van der Waals surface area contributed by atoms with Crippen LogP contribution in [0.3, 0.4) is 0 Å². The molecule has 2 aromatic carbocycles.